The molecule has 0 heterocycles. The summed E-state index contributed by atoms with van der Waals surface area (Å²) in [6.07, 6.45) is 0. The van der Waals surface area contributed by atoms with Gasteiger partial charge in [0.2, 0.25) is 0 Å². The Morgan fingerprint density at radius 1 is 0.618 bits per heavy atom. The molecule has 0 bridgehead atoms. The zero-order chi connectivity index (χ0) is 24.8. The maximum absolute atomic E-state index is 5.77. The van der Waals surface area contributed by atoms with Crippen molar-refractivity contribution in [2.45, 2.75) is 55.4 Å². The first-order valence-electron chi connectivity index (χ1n) is 12.3. The number of rotatable bonds is 5. The zero-order valence-electron chi connectivity index (χ0n) is 22.3. The highest BCUT2D eigenvalue weighted by Crippen LogP contribution is 2.41. The number of methoxy groups -OCH3 is 1. The summed E-state index contributed by atoms with van der Waals surface area (Å²) in [5.41, 5.74) is 9.72. The van der Waals surface area contributed by atoms with E-state index in [4.69, 9.17) is 4.74 Å². The van der Waals surface area contributed by atoms with E-state index in [9.17, 15) is 0 Å². The van der Waals surface area contributed by atoms with Crippen LogP contribution in [0.3, 0.4) is 0 Å². The Morgan fingerprint density at radius 2 is 1.12 bits per heavy atom. The van der Waals surface area contributed by atoms with Crippen molar-refractivity contribution in [1.29, 1.82) is 0 Å². The van der Waals surface area contributed by atoms with Gasteiger partial charge in [-0.1, -0.05) is 94.1 Å². The second-order valence-electron chi connectivity index (χ2n) is 10.3. The normalized spacial score (nSPS) is 16.4. The van der Waals surface area contributed by atoms with E-state index in [0.29, 0.717) is 5.92 Å². The molecule has 176 valence electrons. The second-order valence-corrected chi connectivity index (χ2v) is 14.1. The van der Waals surface area contributed by atoms with Crippen LogP contribution in [0, 0.1) is 33.6 Å². The van der Waals surface area contributed by atoms with Crippen molar-refractivity contribution >= 4 is 23.6 Å². The molecule has 1 unspecified atom stereocenters. The van der Waals surface area contributed by atoms with Crippen molar-refractivity contribution < 1.29 is 4.74 Å². The Bertz CT molecular complexity index is 1230. The minimum atomic E-state index is -2.62. The first kappa shape index (κ1) is 24.3. The molecule has 0 aliphatic heterocycles. The number of aryl methyl sites for hydroxylation is 4. The van der Waals surface area contributed by atoms with Crippen LogP contribution in [-0.4, -0.2) is 15.2 Å². The Labute approximate surface area is 207 Å². The molecule has 3 aromatic carbocycles. The molecule has 0 saturated carbocycles. The van der Waals surface area contributed by atoms with Crippen LogP contribution >= 0.6 is 0 Å². The number of hydrogen-bond acceptors (Lipinski definition) is 1. The maximum Gasteiger partial charge on any atom is 0.176 e. The van der Waals surface area contributed by atoms with Crippen LogP contribution in [0.1, 0.15) is 49.9 Å². The predicted octanol–water partition coefficient (Wildman–Crippen LogP) is 6.24. The van der Waals surface area contributed by atoms with E-state index in [-0.39, 0.29) is 0 Å². The van der Waals surface area contributed by atoms with E-state index in [2.05, 4.69) is 116 Å². The van der Waals surface area contributed by atoms with Crippen molar-refractivity contribution in [2.24, 2.45) is 5.92 Å². The number of benzene rings is 3. The summed E-state index contributed by atoms with van der Waals surface area (Å²) in [4.78, 5) is 0. The fourth-order valence-electron chi connectivity index (χ4n) is 6.17. The topological polar surface area (TPSA) is 9.23 Å². The van der Waals surface area contributed by atoms with E-state index in [1.165, 1.54) is 54.5 Å². The fraction of sp³-hybridized carbons (Fsp3) is 0.312. The Kier molecular flexibility index (Phi) is 6.48. The van der Waals surface area contributed by atoms with Crippen LogP contribution in [-0.2, 0) is 0 Å². The minimum absolute atomic E-state index is 0.402. The van der Waals surface area contributed by atoms with E-state index in [1.54, 1.807) is 12.3 Å². The number of ether oxygens (including phenoxy) is 1. The van der Waals surface area contributed by atoms with Crippen LogP contribution in [0.15, 0.2) is 82.6 Å². The average molecular weight is 467 g/mol. The Morgan fingerprint density at radius 3 is 1.53 bits per heavy atom. The lowest BCUT2D eigenvalue weighted by Crippen LogP contribution is -2.69. The predicted molar refractivity (Wildman–Crippen MR) is 150 cm³/mol. The third-order valence-electron chi connectivity index (χ3n) is 7.86. The molecule has 0 fully saturated rings. The van der Waals surface area contributed by atoms with Crippen molar-refractivity contribution in [1.82, 2.24) is 0 Å². The lowest BCUT2D eigenvalue weighted by Gasteiger charge is -2.39. The quantitative estimate of drug-likeness (QED) is 0.319. The fourth-order valence-corrected chi connectivity index (χ4v) is 12.2. The molecule has 1 aliphatic rings. The van der Waals surface area contributed by atoms with Crippen molar-refractivity contribution in [2.75, 3.05) is 7.11 Å². The summed E-state index contributed by atoms with van der Waals surface area (Å²) in [5, 5.41) is 5.94. The molecule has 0 spiro atoms. The molecular formula is C32H38OSi. The summed E-state index contributed by atoms with van der Waals surface area (Å²) in [6, 6.07) is 23.3. The van der Waals surface area contributed by atoms with Gasteiger partial charge in [0.1, 0.15) is 5.75 Å². The van der Waals surface area contributed by atoms with Gasteiger partial charge in [0.05, 0.1) is 7.11 Å². The monoisotopic (exact) mass is 466 g/mol. The Hall–Kier alpha value is -2.84. The molecule has 0 amide bonds. The average Bonchev–Trinajstić information content (AvgIpc) is 2.97. The van der Waals surface area contributed by atoms with Crippen LogP contribution in [0.25, 0.3) is 0 Å². The summed E-state index contributed by atoms with van der Waals surface area (Å²) >= 11 is 0. The zero-order valence-corrected chi connectivity index (χ0v) is 23.3. The van der Waals surface area contributed by atoms with Crippen LogP contribution in [0.4, 0.5) is 0 Å². The smallest absolute Gasteiger partial charge is 0.176 e. The van der Waals surface area contributed by atoms with E-state index in [0.717, 1.165) is 5.75 Å². The molecule has 0 radical (unpaired) electrons. The molecule has 0 aromatic heterocycles. The third-order valence-corrected chi connectivity index (χ3v) is 13.0. The summed E-state index contributed by atoms with van der Waals surface area (Å²) < 4.78 is 5.77. The van der Waals surface area contributed by atoms with E-state index in [1.807, 2.05) is 0 Å². The Balaban J connectivity index is 2.25. The second kappa shape index (κ2) is 9.07. The van der Waals surface area contributed by atoms with E-state index < -0.39 is 8.07 Å². The molecule has 1 aliphatic carbocycles. The van der Waals surface area contributed by atoms with Gasteiger partial charge in [-0.3, -0.25) is 0 Å². The van der Waals surface area contributed by atoms with Gasteiger partial charge in [0, 0.05) is 0 Å². The van der Waals surface area contributed by atoms with Crippen molar-refractivity contribution in [3.05, 3.63) is 105 Å². The van der Waals surface area contributed by atoms with Crippen molar-refractivity contribution in [3.63, 3.8) is 0 Å². The molecule has 1 atom stereocenters. The van der Waals surface area contributed by atoms with Crippen molar-refractivity contribution in [3.8, 4) is 5.75 Å². The largest absolute Gasteiger partial charge is 0.497 e. The molecule has 0 saturated heterocycles. The van der Waals surface area contributed by atoms with Gasteiger partial charge in [-0.25, -0.2) is 0 Å². The first-order chi connectivity index (χ1) is 16.1. The van der Waals surface area contributed by atoms with Gasteiger partial charge in [-0.05, 0) is 87.7 Å². The molecule has 4 rings (SSSR count). The number of allylic oxidation sites excluding steroid dienone is 4. The van der Waals surface area contributed by atoms with Gasteiger partial charge in [-0.15, -0.1) is 0 Å². The van der Waals surface area contributed by atoms with E-state index >= 15 is 0 Å². The molecule has 1 nitrogen and oxygen atoms in total. The molecule has 3 aromatic rings. The van der Waals surface area contributed by atoms with Gasteiger partial charge in [0.15, 0.2) is 8.07 Å². The summed E-state index contributed by atoms with van der Waals surface area (Å²) in [6.45, 7) is 18.3. The first-order valence-corrected chi connectivity index (χ1v) is 14.3. The molecule has 2 heteroatoms. The number of hydrogen-bond donors (Lipinski definition) is 0. The minimum Gasteiger partial charge on any atom is -0.497 e. The third kappa shape index (κ3) is 3.88. The maximum atomic E-state index is 5.77. The molecular weight excluding hydrogens is 428 g/mol. The highest BCUT2D eigenvalue weighted by molar-refractivity contribution is 7.16. The highest BCUT2D eigenvalue weighted by atomic mass is 28.3. The van der Waals surface area contributed by atoms with Gasteiger partial charge in [-0.2, -0.15) is 0 Å². The summed E-state index contributed by atoms with van der Waals surface area (Å²) in [7, 11) is -0.843. The van der Waals surface area contributed by atoms with Crippen LogP contribution < -0.4 is 20.3 Å². The lowest BCUT2D eigenvalue weighted by atomic mass is 10.1. The van der Waals surface area contributed by atoms with Gasteiger partial charge in [0.25, 0.3) is 0 Å². The van der Waals surface area contributed by atoms with Gasteiger partial charge < -0.3 is 4.74 Å². The van der Waals surface area contributed by atoms with Crippen LogP contribution in [0.2, 0.25) is 0 Å². The SMILES string of the molecule is COc1cccc([Si](C2=C(C)C(C)=C(C)C2C)(c2cc(C)cc(C)c2)c2cc(C)cc(C)c2)c1. The summed E-state index contributed by atoms with van der Waals surface area (Å²) in [5.74, 6) is 1.33. The lowest BCUT2D eigenvalue weighted by molar-refractivity contribution is 0.415. The molecule has 34 heavy (non-hydrogen) atoms. The highest BCUT2D eigenvalue weighted by Gasteiger charge is 2.48. The van der Waals surface area contributed by atoms with Gasteiger partial charge >= 0.3 is 0 Å². The molecule has 0 N–H and O–H groups in total. The van der Waals surface area contributed by atoms with Crippen LogP contribution in [0.5, 0.6) is 5.75 Å². The standard InChI is InChI=1S/C32H38OSi/c1-20-13-21(2)16-30(15-20)34(29-12-10-11-28(19-29)33-9,31-17-22(3)14-23(4)18-31)32-26(7)24(5)25(6)27(32)8/h10-19,26H,1-9H3.